The van der Waals surface area contributed by atoms with E-state index in [2.05, 4.69) is 30.3 Å². The third-order valence-electron chi connectivity index (χ3n) is 4.85. The fourth-order valence-electron chi connectivity index (χ4n) is 3.58. The van der Waals surface area contributed by atoms with Crippen LogP contribution in [0.2, 0.25) is 0 Å². The molecule has 2 unspecified atom stereocenters. The third-order valence-corrected chi connectivity index (χ3v) is 5.95. The van der Waals surface area contributed by atoms with Gasteiger partial charge in [-0.3, -0.25) is 0 Å². The van der Waals surface area contributed by atoms with Gasteiger partial charge in [-0.1, -0.05) is 19.8 Å². The van der Waals surface area contributed by atoms with E-state index < -0.39 is 0 Å². The minimum Gasteiger partial charge on any atom is -0.311 e. The molecular weight excluding hydrogens is 226 g/mol. The van der Waals surface area contributed by atoms with Gasteiger partial charge in [0.15, 0.2) is 0 Å². The Hall–Kier alpha value is 0.310. The smallest absolute Gasteiger partial charge is 0.00801 e. The first-order valence-corrected chi connectivity index (χ1v) is 8.89. The molecule has 0 radical (unpaired) electrons. The molecule has 1 nitrogen and oxygen atoms in total. The fraction of sp³-hybridized carbons (Fsp3) is 1.00. The van der Waals surface area contributed by atoms with Gasteiger partial charge in [-0.05, 0) is 57.1 Å². The maximum atomic E-state index is 3.95. The molecule has 2 heteroatoms. The van der Waals surface area contributed by atoms with Crippen LogP contribution in [0.4, 0.5) is 0 Å². The Labute approximate surface area is 112 Å². The number of hydrogen-bond acceptors (Lipinski definition) is 2. The second kappa shape index (κ2) is 7.04. The quantitative estimate of drug-likeness (QED) is 0.807. The van der Waals surface area contributed by atoms with Gasteiger partial charge in [0.1, 0.15) is 0 Å². The third kappa shape index (κ3) is 4.17. The number of hydrogen-bond donors (Lipinski definition) is 1. The number of rotatable bonds is 4. The first-order chi connectivity index (χ1) is 8.31. The van der Waals surface area contributed by atoms with Gasteiger partial charge in [-0.25, -0.2) is 0 Å². The van der Waals surface area contributed by atoms with E-state index in [9.17, 15) is 0 Å². The summed E-state index contributed by atoms with van der Waals surface area (Å²) in [6.45, 7) is 2.35. The molecule has 0 heterocycles. The van der Waals surface area contributed by atoms with Gasteiger partial charge in [0.2, 0.25) is 0 Å². The van der Waals surface area contributed by atoms with Gasteiger partial charge in [0, 0.05) is 17.3 Å². The van der Waals surface area contributed by atoms with Crippen LogP contribution in [0.25, 0.3) is 0 Å². The monoisotopic (exact) mass is 255 g/mol. The lowest BCUT2D eigenvalue weighted by Gasteiger charge is -2.35. The Kier molecular flexibility index (Phi) is 5.68. The van der Waals surface area contributed by atoms with Crippen molar-refractivity contribution < 1.29 is 0 Å². The van der Waals surface area contributed by atoms with E-state index in [-0.39, 0.29) is 0 Å². The van der Waals surface area contributed by atoms with Gasteiger partial charge in [0.05, 0.1) is 0 Å². The summed E-state index contributed by atoms with van der Waals surface area (Å²) < 4.78 is 0. The molecule has 0 aliphatic heterocycles. The lowest BCUT2D eigenvalue weighted by molar-refractivity contribution is 0.250. The minimum atomic E-state index is 0.823. The van der Waals surface area contributed by atoms with Crippen LogP contribution in [-0.4, -0.2) is 23.6 Å². The molecule has 2 fully saturated rings. The molecule has 1 N–H and O–H groups in total. The van der Waals surface area contributed by atoms with Crippen LogP contribution in [0, 0.1) is 5.92 Å². The highest BCUT2D eigenvalue weighted by Crippen LogP contribution is 2.30. The Morgan fingerprint density at radius 1 is 1.00 bits per heavy atom. The van der Waals surface area contributed by atoms with E-state index in [0.717, 1.165) is 23.3 Å². The average Bonchev–Trinajstić information content (AvgIpc) is 2.40. The maximum Gasteiger partial charge on any atom is 0.00801 e. The lowest BCUT2D eigenvalue weighted by Crippen LogP contribution is -2.43. The van der Waals surface area contributed by atoms with Crippen molar-refractivity contribution in [2.24, 2.45) is 5.92 Å². The van der Waals surface area contributed by atoms with Crippen molar-refractivity contribution in [2.45, 2.75) is 82.0 Å². The minimum absolute atomic E-state index is 0.823. The van der Waals surface area contributed by atoms with Crippen molar-refractivity contribution in [1.82, 2.24) is 5.32 Å². The highest BCUT2D eigenvalue weighted by Gasteiger charge is 2.25. The molecule has 0 aromatic rings. The molecule has 0 spiro atoms. The van der Waals surface area contributed by atoms with E-state index in [1.807, 2.05) is 0 Å². The summed E-state index contributed by atoms with van der Waals surface area (Å²) in [6.07, 6.45) is 15.2. The molecule has 0 aromatic heterocycles. The summed E-state index contributed by atoms with van der Waals surface area (Å²) in [4.78, 5) is 0. The van der Waals surface area contributed by atoms with Gasteiger partial charge in [0.25, 0.3) is 0 Å². The van der Waals surface area contributed by atoms with Crippen molar-refractivity contribution in [2.75, 3.05) is 6.26 Å². The van der Waals surface area contributed by atoms with Crippen molar-refractivity contribution in [3.05, 3.63) is 0 Å². The zero-order valence-electron chi connectivity index (χ0n) is 11.6. The molecule has 0 aromatic carbocycles. The van der Waals surface area contributed by atoms with Crippen LogP contribution in [0.1, 0.15) is 64.7 Å². The Bertz CT molecular complexity index is 211. The topological polar surface area (TPSA) is 12.0 Å². The Morgan fingerprint density at radius 2 is 1.76 bits per heavy atom. The fourth-order valence-corrected chi connectivity index (χ4v) is 4.41. The van der Waals surface area contributed by atoms with E-state index >= 15 is 0 Å². The van der Waals surface area contributed by atoms with Crippen LogP contribution in [0.3, 0.4) is 0 Å². The van der Waals surface area contributed by atoms with Crippen LogP contribution in [0.15, 0.2) is 0 Å². The zero-order valence-corrected chi connectivity index (χ0v) is 12.4. The van der Waals surface area contributed by atoms with Crippen LogP contribution in [0.5, 0.6) is 0 Å². The second-order valence-corrected chi connectivity index (χ2v) is 7.15. The summed E-state index contributed by atoms with van der Waals surface area (Å²) in [5.74, 6) is 1.03. The predicted molar refractivity (Wildman–Crippen MR) is 78.7 cm³/mol. The zero-order chi connectivity index (χ0) is 12.1. The molecule has 17 heavy (non-hydrogen) atoms. The molecule has 100 valence electrons. The van der Waals surface area contributed by atoms with E-state index in [0.29, 0.717) is 0 Å². The van der Waals surface area contributed by atoms with Crippen molar-refractivity contribution in [3.8, 4) is 0 Å². The lowest BCUT2D eigenvalue weighted by atomic mass is 9.83. The highest BCUT2D eigenvalue weighted by molar-refractivity contribution is 7.99. The van der Waals surface area contributed by atoms with Crippen LogP contribution >= 0.6 is 11.8 Å². The molecule has 2 saturated carbocycles. The van der Waals surface area contributed by atoms with Gasteiger partial charge in [-0.2, -0.15) is 11.8 Å². The van der Waals surface area contributed by atoms with Crippen molar-refractivity contribution in [1.29, 1.82) is 0 Å². The standard InChI is InChI=1S/C15H29NS/c1-3-12-7-9-13(10-8-12)16-14-5-4-6-15(11-14)17-2/h12-16H,3-11H2,1-2H3. The maximum absolute atomic E-state index is 3.95. The van der Waals surface area contributed by atoms with Gasteiger partial charge in [-0.15, -0.1) is 0 Å². The molecule has 0 saturated heterocycles. The van der Waals surface area contributed by atoms with Gasteiger partial charge < -0.3 is 5.32 Å². The largest absolute Gasteiger partial charge is 0.311 e. The SMILES string of the molecule is CCC1CCC(NC2CCCC(SC)C2)CC1. The average molecular weight is 255 g/mol. The highest BCUT2D eigenvalue weighted by atomic mass is 32.2. The summed E-state index contributed by atoms with van der Waals surface area (Å²) in [5.41, 5.74) is 0. The molecule has 2 aliphatic rings. The van der Waals surface area contributed by atoms with E-state index in [4.69, 9.17) is 0 Å². The second-order valence-electron chi connectivity index (χ2n) is 6.01. The van der Waals surface area contributed by atoms with Crippen LogP contribution < -0.4 is 5.32 Å². The summed E-state index contributed by atoms with van der Waals surface area (Å²) >= 11 is 2.08. The van der Waals surface area contributed by atoms with E-state index in [1.54, 1.807) is 0 Å². The first-order valence-electron chi connectivity index (χ1n) is 7.60. The Balaban J connectivity index is 1.70. The van der Waals surface area contributed by atoms with Crippen LogP contribution in [-0.2, 0) is 0 Å². The summed E-state index contributed by atoms with van der Waals surface area (Å²) in [7, 11) is 0. The van der Waals surface area contributed by atoms with Crippen molar-refractivity contribution >= 4 is 11.8 Å². The summed E-state index contributed by atoms with van der Waals surface area (Å²) in [5, 5.41) is 4.88. The normalized spacial score (nSPS) is 39.2. The first kappa shape index (κ1) is 13.7. The van der Waals surface area contributed by atoms with E-state index in [1.165, 1.54) is 57.8 Å². The molecule has 0 amide bonds. The van der Waals surface area contributed by atoms with Gasteiger partial charge >= 0.3 is 0 Å². The number of thioether (sulfide) groups is 1. The van der Waals surface area contributed by atoms with Crippen molar-refractivity contribution in [3.63, 3.8) is 0 Å². The number of nitrogens with one attached hydrogen (secondary N) is 1. The molecule has 2 aliphatic carbocycles. The molecule has 2 rings (SSSR count). The molecule has 2 atom stereocenters. The molecular formula is C15H29NS. The Morgan fingerprint density at radius 3 is 2.41 bits per heavy atom. The molecule has 0 bridgehead atoms. The summed E-state index contributed by atoms with van der Waals surface area (Å²) in [6, 6.07) is 1.66. The predicted octanol–water partition coefficient (Wildman–Crippen LogP) is 4.22.